The van der Waals surface area contributed by atoms with Crippen LogP contribution >= 0.6 is 0 Å². The van der Waals surface area contributed by atoms with E-state index in [2.05, 4.69) is 5.32 Å². The van der Waals surface area contributed by atoms with Crippen LogP contribution in [-0.2, 0) is 0 Å². The van der Waals surface area contributed by atoms with Gasteiger partial charge in [0, 0.05) is 12.6 Å². The molecule has 102 valence electrons. The topological polar surface area (TPSA) is 32.3 Å². The molecule has 5 aliphatic rings. The lowest BCUT2D eigenvalue weighted by molar-refractivity contribution is -0.0890. The van der Waals surface area contributed by atoms with Gasteiger partial charge in [0.15, 0.2) is 0 Å². The van der Waals surface area contributed by atoms with E-state index in [1.165, 1.54) is 51.4 Å². The molecule has 0 radical (unpaired) electrons. The van der Waals surface area contributed by atoms with Gasteiger partial charge in [-0.05, 0) is 74.5 Å². The van der Waals surface area contributed by atoms with Gasteiger partial charge in [-0.25, -0.2) is 0 Å². The molecule has 5 rings (SSSR count). The van der Waals surface area contributed by atoms with Gasteiger partial charge in [-0.3, -0.25) is 0 Å². The molecule has 5 fully saturated rings. The predicted molar refractivity (Wildman–Crippen MR) is 72.2 cm³/mol. The molecule has 0 aliphatic heterocycles. The first-order valence-electron chi connectivity index (χ1n) is 8.21. The summed E-state index contributed by atoms with van der Waals surface area (Å²) in [7, 11) is 0. The minimum Gasteiger partial charge on any atom is -0.391 e. The van der Waals surface area contributed by atoms with E-state index < -0.39 is 0 Å². The Bertz CT molecular complexity index is 284. The van der Waals surface area contributed by atoms with Crippen LogP contribution in [0.15, 0.2) is 0 Å². The summed E-state index contributed by atoms with van der Waals surface area (Å²) < 4.78 is 0. The third-order valence-corrected chi connectivity index (χ3v) is 6.46. The first-order valence-corrected chi connectivity index (χ1v) is 8.21. The zero-order valence-electron chi connectivity index (χ0n) is 11.4. The van der Waals surface area contributed by atoms with Crippen molar-refractivity contribution in [3.8, 4) is 0 Å². The second kappa shape index (κ2) is 4.49. The van der Waals surface area contributed by atoms with E-state index in [0.717, 1.165) is 36.3 Å². The standard InChI is InChI=1S/C16H27NO/c18-15(9-17-14-2-1-3-14)16-12-5-10-4-11(7-12)8-13(16)6-10/h10-18H,1-9H2. The zero-order valence-corrected chi connectivity index (χ0v) is 11.4. The lowest BCUT2D eigenvalue weighted by Crippen LogP contribution is -2.52. The fourth-order valence-corrected chi connectivity index (χ4v) is 5.63. The van der Waals surface area contributed by atoms with Crippen LogP contribution in [0.4, 0.5) is 0 Å². The molecule has 18 heavy (non-hydrogen) atoms. The van der Waals surface area contributed by atoms with Gasteiger partial charge in [0.2, 0.25) is 0 Å². The van der Waals surface area contributed by atoms with Crippen LogP contribution in [0.25, 0.3) is 0 Å². The van der Waals surface area contributed by atoms with E-state index in [0.29, 0.717) is 5.92 Å². The Kier molecular flexibility index (Phi) is 2.92. The Balaban J connectivity index is 1.38. The molecule has 2 nitrogen and oxygen atoms in total. The highest BCUT2D eigenvalue weighted by Crippen LogP contribution is 2.57. The quantitative estimate of drug-likeness (QED) is 0.802. The van der Waals surface area contributed by atoms with Crippen molar-refractivity contribution in [3.63, 3.8) is 0 Å². The molecule has 4 bridgehead atoms. The molecule has 0 spiro atoms. The van der Waals surface area contributed by atoms with E-state index in [1.54, 1.807) is 0 Å². The van der Waals surface area contributed by atoms with Crippen LogP contribution in [0.3, 0.4) is 0 Å². The minimum absolute atomic E-state index is 0.0689. The highest BCUT2D eigenvalue weighted by atomic mass is 16.3. The van der Waals surface area contributed by atoms with Gasteiger partial charge in [-0.1, -0.05) is 6.42 Å². The maximum Gasteiger partial charge on any atom is 0.0698 e. The predicted octanol–water partition coefficient (Wildman–Crippen LogP) is 2.56. The van der Waals surface area contributed by atoms with Crippen molar-refractivity contribution in [2.24, 2.45) is 29.6 Å². The third-order valence-electron chi connectivity index (χ3n) is 6.46. The van der Waals surface area contributed by atoms with E-state index in [-0.39, 0.29) is 6.10 Å². The van der Waals surface area contributed by atoms with Crippen molar-refractivity contribution in [3.05, 3.63) is 0 Å². The molecule has 5 saturated carbocycles. The van der Waals surface area contributed by atoms with Gasteiger partial charge in [0.05, 0.1) is 6.10 Å². The van der Waals surface area contributed by atoms with E-state index >= 15 is 0 Å². The molecule has 1 unspecified atom stereocenters. The summed E-state index contributed by atoms with van der Waals surface area (Å²) in [4.78, 5) is 0. The third kappa shape index (κ3) is 1.92. The fourth-order valence-electron chi connectivity index (χ4n) is 5.63. The molecule has 0 amide bonds. The molecule has 0 aromatic heterocycles. The van der Waals surface area contributed by atoms with Crippen LogP contribution in [-0.4, -0.2) is 23.8 Å². The fraction of sp³-hybridized carbons (Fsp3) is 1.00. The van der Waals surface area contributed by atoms with Crippen LogP contribution in [0.1, 0.15) is 51.4 Å². The molecule has 1 atom stereocenters. The smallest absolute Gasteiger partial charge is 0.0698 e. The minimum atomic E-state index is -0.0689. The Hall–Kier alpha value is -0.0800. The number of aliphatic hydroxyl groups is 1. The normalized spacial score (nSPS) is 48.2. The van der Waals surface area contributed by atoms with E-state index in [1.807, 2.05) is 0 Å². The number of aliphatic hydroxyl groups excluding tert-OH is 1. The Morgan fingerprint density at radius 1 is 0.944 bits per heavy atom. The van der Waals surface area contributed by atoms with Gasteiger partial charge >= 0.3 is 0 Å². The van der Waals surface area contributed by atoms with Gasteiger partial charge in [-0.2, -0.15) is 0 Å². The summed E-state index contributed by atoms with van der Waals surface area (Å²) in [5.41, 5.74) is 0. The van der Waals surface area contributed by atoms with Gasteiger partial charge < -0.3 is 10.4 Å². The molecule has 0 aromatic rings. The van der Waals surface area contributed by atoms with Crippen molar-refractivity contribution >= 4 is 0 Å². The molecule has 0 saturated heterocycles. The van der Waals surface area contributed by atoms with Crippen molar-refractivity contribution in [2.45, 2.75) is 63.5 Å². The van der Waals surface area contributed by atoms with Crippen molar-refractivity contribution < 1.29 is 5.11 Å². The summed E-state index contributed by atoms with van der Waals surface area (Å²) in [6.07, 6.45) is 11.2. The zero-order chi connectivity index (χ0) is 12.1. The molecule has 2 N–H and O–H groups in total. The highest BCUT2D eigenvalue weighted by molar-refractivity contribution is 5.00. The SMILES string of the molecule is OC(CNC1CCC1)C1C2CC3CC(C2)CC1C3. The molecule has 0 heterocycles. The average Bonchev–Trinajstić information content (AvgIpc) is 2.25. The van der Waals surface area contributed by atoms with E-state index in [9.17, 15) is 5.11 Å². The second-order valence-electron chi connectivity index (χ2n) is 7.61. The summed E-state index contributed by atoms with van der Waals surface area (Å²) in [5.74, 6) is 4.40. The van der Waals surface area contributed by atoms with Crippen molar-refractivity contribution in [1.29, 1.82) is 0 Å². The van der Waals surface area contributed by atoms with Crippen LogP contribution < -0.4 is 5.32 Å². The summed E-state index contributed by atoms with van der Waals surface area (Å²) >= 11 is 0. The largest absolute Gasteiger partial charge is 0.391 e. The van der Waals surface area contributed by atoms with Crippen LogP contribution in [0, 0.1) is 29.6 Å². The lowest BCUT2D eigenvalue weighted by atomic mass is 9.51. The Morgan fingerprint density at radius 3 is 2.06 bits per heavy atom. The first-order chi connectivity index (χ1) is 8.79. The Labute approximate surface area is 111 Å². The molecular formula is C16H27NO. The van der Waals surface area contributed by atoms with Crippen LogP contribution in [0.2, 0.25) is 0 Å². The lowest BCUT2D eigenvalue weighted by Gasteiger charge is -2.55. The Morgan fingerprint density at radius 2 is 1.56 bits per heavy atom. The summed E-state index contributed by atoms with van der Waals surface area (Å²) in [6.45, 7) is 0.859. The number of hydrogen-bond donors (Lipinski definition) is 2. The van der Waals surface area contributed by atoms with Gasteiger partial charge in [0.1, 0.15) is 0 Å². The van der Waals surface area contributed by atoms with Gasteiger partial charge in [-0.15, -0.1) is 0 Å². The average molecular weight is 249 g/mol. The highest BCUT2D eigenvalue weighted by Gasteiger charge is 2.50. The maximum absolute atomic E-state index is 10.6. The molecule has 2 heteroatoms. The summed E-state index contributed by atoms with van der Waals surface area (Å²) in [6, 6.07) is 0.719. The first kappa shape index (κ1) is 11.7. The number of rotatable bonds is 4. The molecule has 0 aromatic carbocycles. The summed E-state index contributed by atoms with van der Waals surface area (Å²) in [5, 5.41) is 14.2. The molecule has 5 aliphatic carbocycles. The van der Waals surface area contributed by atoms with Crippen molar-refractivity contribution in [1.82, 2.24) is 5.32 Å². The van der Waals surface area contributed by atoms with Crippen molar-refractivity contribution in [2.75, 3.05) is 6.54 Å². The monoisotopic (exact) mass is 249 g/mol. The second-order valence-corrected chi connectivity index (χ2v) is 7.61. The maximum atomic E-state index is 10.6. The van der Waals surface area contributed by atoms with Crippen LogP contribution in [0.5, 0.6) is 0 Å². The molecular weight excluding hydrogens is 222 g/mol. The number of nitrogens with one attached hydrogen (secondary N) is 1. The van der Waals surface area contributed by atoms with E-state index in [4.69, 9.17) is 0 Å². The van der Waals surface area contributed by atoms with Gasteiger partial charge in [0.25, 0.3) is 0 Å². The number of hydrogen-bond acceptors (Lipinski definition) is 2.